The third-order valence-electron chi connectivity index (χ3n) is 4.15. The summed E-state index contributed by atoms with van der Waals surface area (Å²) in [5, 5.41) is 0.769. The predicted octanol–water partition coefficient (Wildman–Crippen LogP) is 3.34. The number of halogens is 1. The maximum atomic E-state index is 12.9. The molecule has 2 aromatic carbocycles. The summed E-state index contributed by atoms with van der Waals surface area (Å²) in [5.41, 5.74) is 5.78. The highest BCUT2D eigenvalue weighted by molar-refractivity contribution is 5.99. The van der Waals surface area contributed by atoms with E-state index in [0.717, 1.165) is 5.39 Å². The molecule has 1 heterocycles. The van der Waals surface area contributed by atoms with Crippen LogP contribution in [0.4, 0.5) is 4.39 Å². The van der Waals surface area contributed by atoms with E-state index in [1.54, 1.807) is 12.1 Å². The van der Waals surface area contributed by atoms with Crippen LogP contribution < -0.4 is 15.6 Å². The first-order valence-corrected chi connectivity index (χ1v) is 9.10. The number of para-hydroxylation sites is 1. The van der Waals surface area contributed by atoms with Gasteiger partial charge in [0.1, 0.15) is 17.1 Å². The Balaban J connectivity index is 1.65. The summed E-state index contributed by atoms with van der Waals surface area (Å²) in [6, 6.07) is 12.5. The first kappa shape index (κ1) is 20.3. The monoisotopic (exact) mass is 400 g/mol. The number of hydrogen-bond acceptors (Lipinski definition) is 5. The zero-order chi connectivity index (χ0) is 20.8. The maximum absolute atomic E-state index is 12.9. The van der Waals surface area contributed by atoms with Crippen molar-refractivity contribution in [3.63, 3.8) is 0 Å². The molecule has 2 amide bonds. The maximum Gasteiger partial charge on any atom is 0.305 e. The molecule has 3 rings (SSSR count). The van der Waals surface area contributed by atoms with Crippen LogP contribution in [0.3, 0.4) is 0 Å². The number of nitrogens with one attached hydrogen (secondary N) is 2. The fourth-order valence-corrected chi connectivity index (χ4v) is 2.68. The van der Waals surface area contributed by atoms with Gasteiger partial charge in [-0.05, 0) is 44.2 Å². The minimum absolute atomic E-state index is 0.0621. The third kappa shape index (κ3) is 4.91. The second-order valence-electron chi connectivity index (χ2n) is 6.20. The van der Waals surface area contributed by atoms with Crippen LogP contribution in [0.2, 0.25) is 0 Å². The van der Waals surface area contributed by atoms with Gasteiger partial charge in [-0.15, -0.1) is 0 Å². The first-order chi connectivity index (χ1) is 14.0. The minimum Gasteiger partial charge on any atom is -0.481 e. The van der Waals surface area contributed by atoms with E-state index in [0.29, 0.717) is 23.5 Å². The molecule has 0 aliphatic heterocycles. The number of carbonyl (C=O) groups excluding carboxylic acids is 2. The second kappa shape index (κ2) is 9.20. The van der Waals surface area contributed by atoms with E-state index in [1.807, 2.05) is 19.1 Å². The lowest BCUT2D eigenvalue weighted by Gasteiger charge is -2.15. The molecule has 0 bridgehead atoms. The average Bonchev–Trinajstić information content (AvgIpc) is 3.10. The molecule has 1 atom stereocenters. The van der Waals surface area contributed by atoms with Crippen molar-refractivity contribution < 1.29 is 27.9 Å². The highest BCUT2D eigenvalue weighted by atomic mass is 19.1. The molecule has 3 aromatic rings. The Morgan fingerprint density at radius 1 is 1.10 bits per heavy atom. The van der Waals surface area contributed by atoms with Gasteiger partial charge in [-0.25, -0.2) is 4.39 Å². The number of amides is 2. The van der Waals surface area contributed by atoms with E-state index in [1.165, 1.54) is 31.2 Å². The Kier molecular flexibility index (Phi) is 6.46. The Hall–Kier alpha value is -3.39. The van der Waals surface area contributed by atoms with Gasteiger partial charge in [0.15, 0.2) is 11.9 Å². The van der Waals surface area contributed by atoms with Crippen LogP contribution in [0, 0.1) is 5.82 Å². The molecule has 29 heavy (non-hydrogen) atoms. The summed E-state index contributed by atoms with van der Waals surface area (Å²) in [7, 11) is 0. The van der Waals surface area contributed by atoms with Crippen LogP contribution in [-0.4, -0.2) is 24.5 Å². The molecular formula is C21H21FN2O5. The van der Waals surface area contributed by atoms with Crippen molar-refractivity contribution in [3.05, 3.63) is 65.7 Å². The van der Waals surface area contributed by atoms with E-state index in [9.17, 15) is 14.0 Å². The quantitative estimate of drug-likeness (QED) is 0.594. The number of hydrazine groups is 1. The number of ether oxygens (including phenoxy) is 2. The largest absolute Gasteiger partial charge is 0.481 e. The first-order valence-electron chi connectivity index (χ1n) is 9.10. The molecular weight excluding hydrogens is 379 g/mol. The van der Waals surface area contributed by atoms with E-state index in [4.69, 9.17) is 13.9 Å². The molecule has 152 valence electrons. The van der Waals surface area contributed by atoms with Gasteiger partial charge in [0.05, 0.1) is 6.61 Å². The minimum atomic E-state index is -0.917. The number of carbonyl (C=O) groups is 2. The molecule has 0 aliphatic rings. The summed E-state index contributed by atoms with van der Waals surface area (Å²) in [4.78, 5) is 24.8. The normalized spacial score (nSPS) is 11.8. The molecule has 0 saturated heterocycles. The topological polar surface area (TPSA) is 89.8 Å². The molecule has 8 heteroatoms. The molecule has 7 nitrogen and oxygen atoms in total. The molecule has 0 radical (unpaired) electrons. The van der Waals surface area contributed by atoms with Gasteiger partial charge >= 0.3 is 5.91 Å². The molecule has 2 N–H and O–H groups in total. The molecule has 1 aromatic heterocycles. The number of hydrogen-bond donors (Lipinski definition) is 2. The Morgan fingerprint density at radius 2 is 1.83 bits per heavy atom. The van der Waals surface area contributed by atoms with Crippen molar-refractivity contribution in [2.24, 2.45) is 0 Å². The fourth-order valence-electron chi connectivity index (χ4n) is 2.68. The second-order valence-corrected chi connectivity index (χ2v) is 6.20. The summed E-state index contributed by atoms with van der Waals surface area (Å²) < 4.78 is 29.5. The Morgan fingerprint density at radius 3 is 2.55 bits per heavy atom. The highest BCUT2D eigenvalue weighted by Crippen LogP contribution is 2.26. The summed E-state index contributed by atoms with van der Waals surface area (Å²) in [6.45, 7) is 4.04. The standard InChI is InChI=1S/C21H21FN2O5/c1-3-27-12-17-16-6-4-5-7-18(16)29-19(17)21(26)24-23-20(25)13(2)28-15-10-8-14(22)9-11-15/h4-11,13H,3,12H2,1-2H3,(H,23,25)(H,24,26)/t13-/m0/s1. The lowest BCUT2D eigenvalue weighted by Crippen LogP contribution is -2.47. The van der Waals surface area contributed by atoms with E-state index in [-0.39, 0.29) is 12.4 Å². The van der Waals surface area contributed by atoms with Crippen molar-refractivity contribution in [3.8, 4) is 5.75 Å². The van der Waals surface area contributed by atoms with Crippen molar-refractivity contribution in [1.82, 2.24) is 10.9 Å². The lowest BCUT2D eigenvalue weighted by molar-refractivity contribution is -0.128. The van der Waals surface area contributed by atoms with Gasteiger partial charge < -0.3 is 13.9 Å². The predicted molar refractivity (Wildman–Crippen MR) is 104 cm³/mol. The molecule has 0 unspecified atom stereocenters. The lowest BCUT2D eigenvalue weighted by atomic mass is 10.1. The van der Waals surface area contributed by atoms with Crippen LogP contribution in [0.1, 0.15) is 30.0 Å². The number of fused-ring (bicyclic) bond motifs is 1. The van der Waals surface area contributed by atoms with E-state index < -0.39 is 23.7 Å². The summed E-state index contributed by atoms with van der Waals surface area (Å²) in [5.74, 6) is -1.21. The van der Waals surface area contributed by atoms with Crippen LogP contribution in [0.5, 0.6) is 5.75 Å². The average molecular weight is 400 g/mol. The van der Waals surface area contributed by atoms with Gasteiger partial charge in [-0.1, -0.05) is 18.2 Å². The summed E-state index contributed by atoms with van der Waals surface area (Å²) in [6.07, 6.45) is -0.917. The zero-order valence-corrected chi connectivity index (χ0v) is 16.0. The SMILES string of the molecule is CCOCc1c(C(=O)NNC(=O)[C@H](C)Oc2ccc(F)cc2)oc2ccccc12. The molecule has 0 saturated carbocycles. The zero-order valence-electron chi connectivity index (χ0n) is 16.0. The Bertz CT molecular complexity index is 1000. The number of rotatable bonds is 7. The number of benzene rings is 2. The molecule has 0 fully saturated rings. The van der Waals surface area contributed by atoms with Crippen molar-refractivity contribution in [2.45, 2.75) is 26.6 Å². The highest BCUT2D eigenvalue weighted by Gasteiger charge is 2.22. The van der Waals surface area contributed by atoms with Gasteiger partial charge in [-0.2, -0.15) is 0 Å². The number of furan rings is 1. The van der Waals surface area contributed by atoms with Crippen molar-refractivity contribution >= 4 is 22.8 Å². The van der Waals surface area contributed by atoms with Crippen molar-refractivity contribution in [2.75, 3.05) is 6.61 Å². The smallest absolute Gasteiger partial charge is 0.305 e. The van der Waals surface area contributed by atoms with E-state index in [2.05, 4.69) is 10.9 Å². The summed E-state index contributed by atoms with van der Waals surface area (Å²) >= 11 is 0. The molecule has 0 spiro atoms. The fraction of sp³-hybridized carbons (Fsp3) is 0.238. The van der Waals surface area contributed by atoms with Crippen LogP contribution in [0.25, 0.3) is 11.0 Å². The molecule has 0 aliphatic carbocycles. The van der Waals surface area contributed by atoms with Gasteiger partial charge in [0.2, 0.25) is 0 Å². The van der Waals surface area contributed by atoms with E-state index >= 15 is 0 Å². The van der Waals surface area contributed by atoms with Crippen LogP contribution in [-0.2, 0) is 16.1 Å². The van der Waals surface area contributed by atoms with Crippen LogP contribution >= 0.6 is 0 Å². The van der Waals surface area contributed by atoms with Gasteiger partial charge in [0.25, 0.3) is 5.91 Å². The Labute approximate surface area is 166 Å². The van der Waals surface area contributed by atoms with Crippen LogP contribution in [0.15, 0.2) is 52.9 Å². The van der Waals surface area contributed by atoms with Gasteiger partial charge in [-0.3, -0.25) is 20.4 Å². The van der Waals surface area contributed by atoms with Crippen molar-refractivity contribution in [1.29, 1.82) is 0 Å². The third-order valence-corrected chi connectivity index (χ3v) is 4.15. The van der Waals surface area contributed by atoms with Gasteiger partial charge in [0, 0.05) is 17.6 Å².